The van der Waals surface area contributed by atoms with Gasteiger partial charge in [0.25, 0.3) is 0 Å². The summed E-state index contributed by atoms with van der Waals surface area (Å²) in [7, 11) is 4.12. The maximum atomic E-state index is 3.98. The smallest absolute Gasteiger partial charge is 0.510 e. The first-order valence-electron chi connectivity index (χ1n) is 16.5. The molecule has 0 bridgehead atoms. The van der Waals surface area contributed by atoms with Crippen LogP contribution in [0.1, 0.15) is 76.3 Å². The third kappa shape index (κ3) is 4.92. The number of nitrogens with zero attached hydrogens (tertiary/aromatic N) is 5. The summed E-state index contributed by atoms with van der Waals surface area (Å²) >= 11 is 0. The van der Waals surface area contributed by atoms with Crippen LogP contribution in [0.5, 0.6) is 0 Å². The van der Waals surface area contributed by atoms with Crippen LogP contribution >= 0.6 is 0 Å². The minimum Gasteiger partial charge on any atom is -0.510 e. The van der Waals surface area contributed by atoms with E-state index in [1.165, 1.54) is 44.2 Å². The summed E-state index contributed by atoms with van der Waals surface area (Å²) in [5.41, 5.74) is 11.4. The number of anilines is 2. The Morgan fingerprint density at radius 3 is 1.96 bits per heavy atom. The summed E-state index contributed by atoms with van der Waals surface area (Å²) in [4.78, 5) is 8.48. The van der Waals surface area contributed by atoms with E-state index in [0.29, 0.717) is 0 Å². The summed E-state index contributed by atoms with van der Waals surface area (Å²) in [5.74, 6) is 0. The molecule has 0 saturated heterocycles. The van der Waals surface area contributed by atoms with E-state index in [0.717, 1.165) is 22.5 Å². The standard InChI is InChI=1S/C42H43N5.Pt/c1-40(2,3)28-13-15-37-34(24-28)33-11-10-12-35-39(33)47(37)38-16-14-31(45-19-17-43(8)26-45)25-36(38)42(35,7)30-21-29(41(4,5)6)22-32(23-30)46-20-18-44(9)27-46;/h10-22,24,26-27H,1-9H3;/q-4;+4. The number of rotatable bonds is 3. The van der Waals surface area contributed by atoms with Gasteiger partial charge in [-0.3, -0.25) is 0 Å². The van der Waals surface area contributed by atoms with Gasteiger partial charge in [0.15, 0.2) is 0 Å². The second-order valence-electron chi connectivity index (χ2n) is 15.6. The summed E-state index contributed by atoms with van der Waals surface area (Å²) in [5, 5.41) is 2.57. The van der Waals surface area contributed by atoms with Crippen LogP contribution in [0.25, 0.3) is 27.5 Å². The van der Waals surface area contributed by atoms with E-state index in [1.54, 1.807) is 0 Å². The van der Waals surface area contributed by atoms with Crippen LogP contribution < -0.4 is 9.80 Å². The van der Waals surface area contributed by atoms with Crippen LogP contribution in [0.4, 0.5) is 11.4 Å². The maximum Gasteiger partial charge on any atom is 4.00 e. The van der Waals surface area contributed by atoms with Crippen LogP contribution in [0, 0.1) is 25.5 Å². The Kier molecular flexibility index (Phi) is 7.49. The van der Waals surface area contributed by atoms with Gasteiger partial charge in [0.05, 0.1) is 0 Å². The molecule has 5 aromatic rings. The van der Waals surface area contributed by atoms with E-state index in [9.17, 15) is 0 Å². The fourth-order valence-electron chi connectivity index (χ4n) is 7.38. The van der Waals surface area contributed by atoms with E-state index < -0.39 is 5.41 Å². The van der Waals surface area contributed by atoms with Crippen LogP contribution in [-0.4, -0.2) is 28.5 Å². The van der Waals surface area contributed by atoms with Crippen LogP contribution in [0.15, 0.2) is 85.5 Å². The van der Waals surface area contributed by atoms with Crippen molar-refractivity contribution < 1.29 is 21.1 Å². The van der Waals surface area contributed by atoms with Gasteiger partial charge >= 0.3 is 21.1 Å². The number of hydrogen-bond donors (Lipinski definition) is 0. The Morgan fingerprint density at radius 1 is 0.667 bits per heavy atom. The van der Waals surface area contributed by atoms with Gasteiger partial charge in [-0.1, -0.05) is 78.4 Å². The summed E-state index contributed by atoms with van der Waals surface area (Å²) in [6, 6.07) is 31.0. The van der Waals surface area contributed by atoms with Gasteiger partial charge in [0.2, 0.25) is 0 Å². The van der Waals surface area contributed by atoms with Crippen molar-refractivity contribution in [1.29, 1.82) is 0 Å². The van der Waals surface area contributed by atoms with Crippen LogP contribution in [-0.2, 0) is 37.3 Å². The van der Waals surface area contributed by atoms with Crippen molar-refractivity contribution in [1.82, 2.24) is 14.4 Å². The van der Waals surface area contributed by atoms with Gasteiger partial charge in [-0.25, -0.2) is 0 Å². The topological polar surface area (TPSA) is 17.9 Å². The van der Waals surface area contributed by atoms with Crippen molar-refractivity contribution in [2.45, 2.75) is 64.7 Å². The van der Waals surface area contributed by atoms with Gasteiger partial charge in [-0.2, -0.15) is 37.1 Å². The Morgan fingerprint density at radius 2 is 1.33 bits per heavy atom. The molecule has 1 atom stereocenters. The Bertz CT molecular complexity index is 2140. The molecule has 3 aliphatic rings. The van der Waals surface area contributed by atoms with Crippen LogP contribution in [0.2, 0.25) is 0 Å². The van der Waals surface area contributed by atoms with Gasteiger partial charge in [0, 0.05) is 27.2 Å². The first kappa shape index (κ1) is 32.6. The van der Waals surface area contributed by atoms with E-state index in [-0.39, 0.29) is 31.9 Å². The fraction of sp³-hybridized carbons (Fsp3) is 0.286. The number of fused-ring (bicyclic) bond motifs is 5. The SMILES string of the molecule is CN1C=CN(c2[c-]c3c(cc2)-n2c4ccc(C(C)(C)C)cc4c4cccc(c42)C3(C)c2[c-]c(N3C=CN(C)[CH-]3)cc(C(C)(C)C)c2)[CH-]1.[Pt+4]. The van der Waals surface area contributed by atoms with E-state index in [2.05, 4.69) is 198 Å². The molecule has 0 amide bonds. The number of benzene rings is 4. The molecule has 1 aromatic heterocycles. The monoisotopic (exact) mass is 812 g/mol. The normalized spacial score (nSPS) is 18.8. The molecule has 4 heterocycles. The molecule has 0 aliphatic carbocycles. The minimum absolute atomic E-state index is 0. The summed E-state index contributed by atoms with van der Waals surface area (Å²) in [6.45, 7) is 20.4. The average molecular weight is 813 g/mol. The molecule has 6 heteroatoms. The fourth-order valence-corrected chi connectivity index (χ4v) is 7.38. The van der Waals surface area contributed by atoms with E-state index >= 15 is 0 Å². The molecule has 0 fully saturated rings. The molecule has 3 aliphatic heterocycles. The van der Waals surface area contributed by atoms with Crippen molar-refractivity contribution in [2.24, 2.45) is 0 Å². The van der Waals surface area contributed by atoms with Gasteiger partial charge in [-0.15, -0.1) is 40.7 Å². The quantitative estimate of drug-likeness (QED) is 0.169. The van der Waals surface area contributed by atoms with Crippen molar-refractivity contribution >= 4 is 33.2 Å². The largest absolute Gasteiger partial charge is 4.00 e. The molecule has 0 N–H and O–H groups in total. The first-order chi connectivity index (χ1) is 22.2. The first-order valence-corrected chi connectivity index (χ1v) is 16.5. The average Bonchev–Trinajstić information content (AvgIpc) is 3.75. The van der Waals surface area contributed by atoms with E-state index in [1.807, 2.05) is 0 Å². The molecule has 0 saturated carbocycles. The van der Waals surface area contributed by atoms with Crippen molar-refractivity contribution in [3.05, 3.63) is 139 Å². The van der Waals surface area contributed by atoms with Crippen molar-refractivity contribution in [3.8, 4) is 5.69 Å². The number of para-hydroxylation sites is 1. The maximum absolute atomic E-state index is 3.98. The van der Waals surface area contributed by atoms with Gasteiger partial charge in [0.1, 0.15) is 0 Å². The van der Waals surface area contributed by atoms with E-state index in [4.69, 9.17) is 0 Å². The molecule has 48 heavy (non-hydrogen) atoms. The van der Waals surface area contributed by atoms with Gasteiger partial charge in [-0.05, 0) is 73.0 Å². The molecule has 1 unspecified atom stereocenters. The van der Waals surface area contributed by atoms with Gasteiger partial charge < -0.3 is 24.2 Å². The zero-order valence-corrected chi connectivity index (χ0v) is 31.6. The molecule has 246 valence electrons. The summed E-state index contributed by atoms with van der Waals surface area (Å²) < 4.78 is 2.49. The zero-order valence-electron chi connectivity index (χ0n) is 29.3. The van der Waals surface area contributed by atoms with Crippen LogP contribution in [0.3, 0.4) is 0 Å². The predicted molar refractivity (Wildman–Crippen MR) is 195 cm³/mol. The Labute approximate surface area is 300 Å². The zero-order chi connectivity index (χ0) is 33.0. The molecule has 4 aromatic carbocycles. The van der Waals surface area contributed by atoms with Crippen molar-refractivity contribution in [3.63, 3.8) is 0 Å². The molecular formula is C42H43N5Pt. The third-order valence-electron chi connectivity index (χ3n) is 10.2. The second-order valence-corrected chi connectivity index (χ2v) is 15.6. The minimum atomic E-state index is -0.539. The summed E-state index contributed by atoms with van der Waals surface area (Å²) in [6.07, 6.45) is 8.36. The molecule has 5 nitrogen and oxygen atoms in total. The Hall–Kier alpha value is -3.95. The molecular weight excluding hydrogens is 770 g/mol. The predicted octanol–water partition coefficient (Wildman–Crippen LogP) is 9.33. The third-order valence-corrected chi connectivity index (χ3v) is 10.2. The molecule has 8 rings (SSSR count). The number of hydrogen-bond acceptors (Lipinski definition) is 4. The second kappa shape index (κ2) is 11.0. The molecule has 0 radical (unpaired) electrons. The number of aromatic nitrogens is 1. The van der Waals surface area contributed by atoms with Crippen molar-refractivity contribution in [2.75, 3.05) is 23.9 Å². The molecule has 0 spiro atoms. The Balaban J connectivity index is 0.00000364.